The van der Waals surface area contributed by atoms with Crippen LogP contribution in [0.2, 0.25) is 0 Å². The third kappa shape index (κ3) is 12.1. The van der Waals surface area contributed by atoms with E-state index in [4.69, 9.17) is 9.90 Å². The molecule has 0 saturated heterocycles. The van der Waals surface area contributed by atoms with Crippen molar-refractivity contribution < 1.29 is 42.6 Å². The van der Waals surface area contributed by atoms with Crippen molar-refractivity contribution >= 4 is 29.6 Å². The fourth-order valence-corrected chi connectivity index (χ4v) is 3.57. The SMILES string of the molecule is C[C@H](NC(=O)CCCNc1ccccn1)C(=O)NC(CC(=O)O)c1ccc(-c2ccccc2)cc1.O=C(O)C(F)(F)F. The number of pyridine rings is 1. The van der Waals surface area contributed by atoms with Gasteiger partial charge in [-0.1, -0.05) is 60.7 Å². The monoisotopic (exact) mass is 588 g/mol. The molecule has 1 heterocycles. The number of carbonyl (C=O) groups excluding carboxylic acids is 2. The van der Waals surface area contributed by atoms with E-state index in [0.29, 0.717) is 18.5 Å². The normalized spacial score (nSPS) is 12.1. The van der Waals surface area contributed by atoms with Crippen LogP contribution in [0, 0.1) is 0 Å². The molecule has 224 valence electrons. The predicted octanol–water partition coefficient (Wildman–Crippen LogP) is 4.41. The summed E-state index contributed by atoms with van der Waals surface area (Å²) in [5, 5.41) is 25.0. The molecular formula is C29H31F3N4O6. The number of anilines is 1. The van der Waals surface area contributed by atoms with Crippen LogP contribution in [-0.4, -0.2) is 57.7 Å². The number of nitrogens with one attached hydrogen (secondary N) is 3. The number of rotatable bonds is 12. The minimum atomic E-state index is -5.08. The number of alkyl halides is 3. The summed E-state index contributed by atoms with van der Waals surface area (Å²) in [5.74, 6) is -3.74. The highest BCUT2D eigenvalue weighted by Gasteiger charge is 2.38. The van der Waals surface area contributed by atoms with Crippen LogP contribution in [0.1, 0.15) is 37.8 Å². The Morgan fingerprint density at radius 2 is 1.45 bits per heavy atom. The number of benzene rings is 2. The fraction of sp³-hybridized carbons (Fsp3) is 0.276. The number of carboxylic acid groups (broad SMARTS) is 2. The van der Waals surface area contributed by atoms with Crippen molar-refractivity contribution in [2.45, 2.75) is 44.4 Å². The van der Waals surface area contributed by atoms with Gasteiger partial charge in [0.2, 0.25) is 11.8 Å². The third-order valence-corrected chi connectivity index (χ3v) is 5.68. The Bertz CT molecular complexity index is 1310. The van der Waals surface area contributed by atoms with Crippen molar-refractivity contribution in [3.63, 3.8) is 0 Å². The molecule has 0 saturated carbocycles. The first-order valence-corrected chi connectivity index (χ1v) is 12.8. The number of amides is 2. The number of aliphatic carboxylic acids is 2. The number of hydrogen-bond acceptors (Lipinski definition) is 6. The molecule has 1 unspecified atom stereocenters. The molecule has 0 fully saturated rings. The van der Waals surface area contributed by atoms with Gasteiger partial charge in [0.05, 0.1) is 12.5 Å². The first kappa shape index (κ1) is 33.3. The van der Waals surface area contributed by atoms with Crippen LogP contribution < -0.4 is 16.0 Å². The van der Waals surface area contributed by atoms with Gasteiger partial charge in [-0.2, -0.15) is 13.2 Å². The highest BCUT2D eigenvalue weighted by Crippen LogP contribution is 2.23. The highest BCUT2D eigenvalue weighted by atomic mass is 19.4. The average molecular weight is 589 g/mol. The highest BCUT2D eigenvalue weighted by molar-refractivity contribution is 5.87. The molecule has 2 aromatic carbocycles. The van der Waals surface area contributed by atoms with E-state index in [2.05, 4.69) is 20.9 Å². The van der Waals surface area contributed by atoms with E-state index in [1.807, 2.05) is 72.8 Å². The Labute approximate surface area is 240 Å². The van der Waals surface area contributed by atoms with Crippen LogP contribution in [-0.2, 0) is 19.2 Å². The molecule has 3 rings (SSSR count). The zero-order chi connectivity index (χ0) is 31.1. The van der Waals surface area contributed by atoms with Gasteiger partial charge < -0.3 is 26.2 Å². The Morgan fingerprint density at radius 3 is 2.00 bits per heavy atom. The number of hydrogen-bond donors (Lipinski definition) is 5. The molecule has 2 atom stereocenters. The number of carboxylic acids is 2. The lowest BCUT2D eigenvalue weighted by Crippen LogP contribution is -2.46. The lowest BCUT2D eigenvalue weighted by molar-refractivity contribution is -0.192. The summed E-state index contributed by atoms with van der Waals surface area (Å²) in [7, 11) is 0. The lowest BCUT2D eigenvalue weighted by Gasteiger charge is -2.21. The van der Waals surface area contributed by atoms with E-state index in [1.54, 1.807) is 13.1 Å². The minimum Gasteiger partial charge on any atom is -0.481 e. The van der Waals surface area contributed by atoms with Gasteiger partial charge in [0.1, 0.15) is 11.9 Å². The van der Waals surface area contributed by atoms with Crippen LogP contribution in [0.25, 0.3) is 11.1 Å². The molecular weight excluding hydrogens is 557 g/mol. The van der Waals surface area contributed by atoms with Crippen molar-refractivity contribution in [3.05, 3.63) is 84.6 Å². The Kier molecular flexibility index (Phi) is 13.0. The van der Waals surface area contributed by atoms with Crippen molar-refractivity contribution in [2.24, 2.45) is 0 Å². The molecule has 5 N–H and O–H groups in total. The molecule has 0 bridgehead atoms. The molecule has 2 amide bonds. The minimum absolute atomic E-state index is 0.247. The molecule has 1 aromatic heterocycles. The molecule has 0 spiro atoms. The van der Waals surface area contributed by atoms with E-state index in [9.17, 15) is 32.7 Å². The van der Waals surface area contributed by atoms with Gasteiger partial charge in [0.25, 0.3) is 0 Å². The van der Waals surface area contributed by atoms with Crippen LogP contribution in [0.4, 0.5) is 19.0 Å². The Morgan fingerprint density at radius 1 is 0.857 bits per heavy atom. The van der Waals surface area contributed by atoms with E-state index >= 15 is 0 Å². The molecule has 0 radical (unpaired) electrons. The second-order valence-electron chi connectivity index (χ2n) is 8.98. The third-order valence-electron chi connectivity index (χ3n) is 5.68. The predicted molar refractivity (Wildman–Crippen MR) is 148 cm³/mol. The lowest BCUT2D eigenvalue weighted by atomic mass is 9.99. The topological polar surface area (TPSA) is 158 Å². The number of halogens is 3. The maximum absolute atomic E-state index is 12.7. The summed E-state index contributed by atoms with van der Waals surface area (Å²) in [5.41, 5.74) is 2.72. The summed E-state index contributed by atoms with van der Waals surface area (Å²) in [4.78, 5) is 49.4. The first-order chi connectivity index (χ1) is 19.9. The smallest absolute Gasteiger partial charge is 0.481 e. The van der Waals surface area contributed by atoms with Gasteiger partial charge >= 0.3 is 18.1 Å². The van der Waals surface area contributed by atoms with Crippen molar-refractivity contribution in [1.29, 1.82) is 0 Å². The van der Waals surface area contributed by atoms with Gasteiger partial charge in [0, 0.05) is 19.2 Å². The zero-order valence-electron chi connectivity index (χ0n) is 22.6. The van der Waals surface area contributed by atoms with Gasteiger partial charge in [0.15, 0.2) is 0 Å². The molecule has 0 aliphatic heterocycles. The largest absolute Gasteiger partial charge is 0.490 e. The van der Waals surface area contributed by atoms with Crippen molar-refractivity contribution in [3.8, 4) is 11.1 Å². The standard InChI is InChI=1S/C27H30N4O4.C2HF3O2/c1-19(30-25(32)11-7-17-29-24-10-5-6-16-28-24)27(35)31-23(18-26(33)34)22-14-12-21(13-15-22)20-8-3-2-4-9-20;3-2(4,5)1(6)7/h2-6,8-10,12-16,19,23H,7,11,17-18H2,1H3,(H,28,29)(H,30,32)(H,31,35)(H,33,34);(H,6,7)/t19-,23?;/m0./s1. The summed E-state index contributed by atoms with van der Waals surface area (Å²) in [6.45, 7) is 2.15. The molecule has 0 aliphatic rings. The molecule has 0 aliphatic carbocycles. The summed E-state index contributed by atoms with van der Waals surface area (Å²) in [6, 6.07) is 21.3. The van der Waals surface area contributed by atoms with Gasteiger partial charge in [-0.05, 0) is 42.2 Å². The van der Waals surface area contributed by atoms with Crippen LogP contribution in [0.15, 0.2) is 79.0 Å². The van der Waals surface area contributed by atoms with Crippen LogP contribution in [0.3, 0.4) is 0 Å². The van der Waals surface area contributed by atoms with E-state index in [1.165, 1.54) is 0 Å². The summed E-state index contributed by atoms with van der Waals surface area (Å²) < 4.78 is 31.7. The molecule has 42 heavy (non-hydrogen) atoms. The van der Waals surface area contributed by atoms with Gasteiger partial charge in [-0.15, -0.1) is 0 Å². The van der Waals surface area contributed by atoms with Crippen LogP contribution >= 0.6 is 0 Å². The molecule has 3 aromatic rings. The van der Waals surface area contributed by atoms with Crippen molar-refractivity contribution in [1.82, 2.24) is 15.6 Å². The van der Waals surface area contributed by atoms with Gasteiger partial charge in [-0.3, -0.25) is 14.4 Å². The average Bonchev–Trinajstić information content (AvgIpc) is 2.95. The molecule has 10 nitrogen and oxygen atoms in total. The Hall–Kier alpha value is -4.94. The van der Waals surface area contributed by atoms with E-state index < -0.39 is 36.1 Å². The molecule has 13 heteroatoms. The van der Waals surface area contributed by atoms with Crippen molar-refractivity contribution in [2.75, 3.05) is 11.9 Å². The number of carbonyl (C=O) groups is 4. The Balaban J connectivity index is 0.000000782. The number of nitrogens with zero attached hydrogens (tertiary/aromatic N) is 1. The first-order valence-electron chi connectivity index (χ1n) is 12.8. The maximum Gasteiger partial charge on any atom is 0.490 e. The fourth-order valence-electron chi connectivity index (χ4n) is 3.57. The zero-order valence-corrected chi connectivity index (χ0v) is 22.6. The van der Waals surface area contributed by atoms with E-state index in [-0.39, 0.29) is 18.7 Å². The quantitative estimate of drug-likeness (QED) is 0.195. The second-order valence-corrected chi connectivity index (χ2v) is 8.98. The van der Waals surface area contributed by atoms with Crippen LogP contribution in [0.5, 0.6) is 0 Å². The van der Waals surface area contributed by atoms with Gasteiger partial charge in [-0.25, -0.2) is 9.78 Å². The summed E-state index contributed by atoms with van der Waals surface area (Å²) >= 11 is 0. The van der Waals surface area contributed by atoms with E-state index in [0.717, 1.165) is 16.9 Å². The summed E-state index contributed by atoms with van der Waals surface area (Å²) in [6.07, 6.45) is -2.84. The maximum atomic E-state index is 12.7. The second kappa shape index (κ2) is 16.4. The number of aromatic nitrogens is 1.